The van der Waals surface area contributed by atoms with Crippen molar-refractivity contribution in [2.45, 2.75) is 19.1 Å². The van der Waals surface area contributed by atoms with Gasteiger partial charge in [0.1, 0.15) is 5.82 Å². The molecule has 1 saturated heterocycles. The Morgan fingerprint density at radius 1 is 1.19 bits per heavy atom. The molecule has 1 aromatic carbocycles. The van der Waals surface area contributed by atoms with Crippen LogP contribution >= 0.6 is 23.2 Å². The van der Waals surface area contributed by atoms with Gasteiger partial charge in [-0.3, -0.25) is 14.2 Å². The van der Waals surface area contributed by atoms with Gasteiger partial charge in [-0.25, -0.2) is 9.78 Å². The van der Waals surface area contributed by atoms with Crippen molar-refractivity contribution in [3.05, 3.63) is 57.6 Å². The lowest BCUT2D eigenvalue weighted by Crippen LogP contribution is -2.52. The lowest BCUT2D eigenvalue weighted by Gasteiger charge is -2.37. The molecule has 11 heteroatoms. The van der Waals surface area contributed by atoms with Crippen molar-refractivity contribution >= 4 is 46.5 Å². The molecule has 166 valence electrons. The quantitative estimate of drug-likeness (QED) is 0.620. The molecular formula is C21H19Cl2N5O4. The van der Waals surface area contributed by atoms with Crippen molar-refractivity contribution < 1.29 is 19.4 Å². The predicted molar refractivity (Wildman–Crippen MR) is 117 cm³/mol. The van der Waals surface area contributed by atoms with E-state index in [0.717, 1.165) is 11.1 Å². The van der Waals surface area contributed by atoms with Crippen LogP contribution in [0, 0.1) is 0 Å². The summed E-state index contributed by atoms with van der Waals surface area (Å²) < 4.78 is 7.48. The maximum absolute atomic E-state index is 13.3. The smallest absolute Gasteiger partial charge is 0.356 e. The molecule has 2 aliphatic rings. The van der Waals surface area contributed by atoms with E-state index in [9.17, 15) is 14.7 Å². The van der Waals surface area contributed by atoms with Gasteiger partial charge < -0.3 is 19.6 Å². The van der Waals surface area contributed by atoms with Crippen LogP contribution in [0.1, 0.15) is 21.6 Å². The summed E-state index contributed by atoms with van der Waals surface area (Å²) in [6.45, 7) is 2.18. The zero-order valence-electron chi connectivity index (χ0n) is 16.9. The first-order valence-corrected chi connectivity index (χ1v) is 10.8. The topological polar surface area (TPSA) is 100 Å². The van der Waals surface area contributed by atoms with E-state index in [4.69, 9.17) is 27.9 Å². The van der Waals surface area contributed by atoms with E-state index in [1.165, 1.54) is 12.4 Å². The maximum Gasteiger partial charge on any atom is 0.356 e. The van der Waals surface area contributed by atoms with Gasteiger partial charge in [0.25, 0.3) is 5.91 Å². The molecule has 2 aliphatic heterocycles. The Labute approximate surface area is 193 Å². The van der Waals surface area contributed by atoms with E-state index >= 15 is 0 Å². The van der Waals surface area contributed by atoms with Crippen molar-refractivity contribution in [2.75, 3.05) is 31.1 Å². The minimum atomic E-state index is -1.11. The van der Waals surface area contributed by atoms with E-state index in [1.807, 2.05) is 11.0 Å². The number of rotatable bonds is 3. The number of ether oxygens (including phenoxy) is 1. The number of halogens is 2. The van der Waals surface area contributed by atoms with E-state index in [2.05, 4.69) is 9.97 Å². The molecule has 1 N–H and O–H groups in total. The Bertz CT molecular complexity index is 1230. The van der Waals surface area contributed by atoms with Crippen LogP contribution < -0.4 is 4.90 Å². The number of anilines is 1. The predicted octanol–water partition coefficient (Wildman–Crippen LogP) is 2.52. The third-order valence-electron chi connectivity index (χ3n) is 5.81. The first-order valence-electron chi connectivity index (χ1n) is 10.1. The van der Waals surface area contributed by atoms with Crippen LogP contribution in [0.25, 0.3) is 5.65 Å². The molecule has 2 aromatic heterocycles. The molecule has 0 saturated carbocycles. The standard InChI is InChI=1S/C21H19Cl2N5O4/c22-13-5-12-1-2-27(9-14(12)15(23)6-13)20(29)17-11-26(3-4-32-17)19-8-24-7-18-25-16(21(30)31)10-28(18)19/h5-8,10,17H,1-4,9,11H2,(H,30,31). The number of hydrogen-bond acceptors (Lipinski definition) is 6. The highest BCUT2D eigenvalue weighted by Crippen LogP contribution is 2.30. The summed E-state index contributed by atoms with van der Waals surface area (Å²) in [7, 11) is 0. The largest absolute Gasteiger partial charge is 0.476 e. The van der Waals surface area contributed by atoms with Gasteiger partial charge in [0, 0.05) is 35.9 Å². The number of benzene rings is 1. The van der Waals surface area contributed by atoms with Gasteiger partial charge in [-0.1, -0.05) is 23.2 Å². The number of nitrogens with zero attached hydrogens (tertiary/aromatic N) is 5. The first-order chi connectivity index (χ1) is 15.4. The summed E-state index contributed by atoms with van der Waals surface area (Å²) in [5, 5.41) is 10.4. The lowest BCUT2D eigenvalue weighted by molar-refractivity contribution is -0.145. The van der Waals surface area contributed by atoms with Crippen LogP contribution in [0.4, 0.5) is 5.82 Å². The fourth-order valence-corrected chi connectivity index (χ4v) is 4.82. The zero-order chi connectivity index (χ0) is 22.4. The highest BCUT2D eigenvalue weighted by atomic mass is 35.5. The molecule has 1 unspecified atom stereocenters. The van der Waals surface area contributed by atoms with Crippen molar-refractivity contribution in [2.24, 2.45) is 0 Å². The summed E-state index contributed by atoms with van der Waals surface area (Å²) in [4.78, 5) is 36.6. The van der Waals surface area contributed by atoms with Gasteiger partial charge in [0.05, 0.1) is 25.5 Å². The molecular weight excluding hydrogens is 457 g/mol. The lowest BCUT2D eigenvalue weighted by atomic mass is 9.99. The Morgan fingerprint density at radius 2 is 2.03 bits per heavy atom. The van der Waals surface area contributed by atoms with E-state index in [0.29, 0.717) is 60.7 Å². The maximum atomic E-state index is 13.3. The second-order valence-corrected chi connectivity index (χ2v) is 8.61. The summed E-state index contributed by atoms with van der Waals surface area (Å²) in [6, 6.07) is 3.59. The monoisotopic (exact) mass is 475 g/mol. The van der Waals surface area contributed by atoms with Gasteiger partial charge in [-0.15, -0.1) is 0 Å². The molecule has 0 radical (unpaired) electrons. The second-order valence-electron chi connectivity index (χ2n) is 7.77. The van der Waals surface area contributed by atoms with Crippen LogP contribution in [0.2, 0.25) is 10.0 Å². The van der Waals surface area contributed by atoms with Gasteiger partial charge in [-0.2, -0.15) is 0 Å². The summed E-state index contributed by atoms with van der Waals surface area (Å²) in [6.07, 6.45) is 4.60. The fourth-order valence-electron chi connectivity index (χ4n) is 4.22. The summed E-state index contributed by atoms with van der Waals surface area (Å²) in [5.74, 6) is -0.561. The molecule has 1 amide bonds. The Morgan fingerprint density at radius 3 is 2.84 bits per heavy atom. The van der Waals surface area contributed by atoms with Crippen LogP contribution in [0.5, 0.6) is 0 Å². The molecule has 0 spiro atoms. The molecule has 0 bridgehead atoms. The first kappa shape index (κ1) is 21.0. The Kier molecular flexibility index (Phi) is 5.40. The van der Waals surface area contributed by atoms with Crippen LogP contribution in [-0.4, -0.2) is 68.6 Å². The number of carboxylic acids is 1. The Balaban J connectivity index is 1.36. The van der Waals surface area contributed by atoms with Crippen molar-refractivity contribution in [3.8, 4) is 0 Å². The number of imidazole rings is 1. The normalized spacial score (nSPS) is 18.6. The van der Waals surface area contributed by atoms with Crippen molar-refractivity contribution in [1.82, 2.24) is 19.3 Å². The van der Waals surface area contributed by atoms with Crippen LogP contribution in [0.15, 0.2) is 30.7 Å². The number of carboxylic acid groups (broad SMARTS) is 1. The number of fused-ring (bicyclic) bond motifs is 2. The average molecular weight is 476 g/mol. The van der Waals surface area contributed by atoms with Crippen LogP contribution in [-0.2, 0) is 22.5 Å². The minimum absolute atomic E-state index is 0.0656. The Hall–Kier alpha value is -2.88. The minimum Gasteiger partial charge on any atom is -0.476 e. The molecule has 3 aromatic rings. The third kappa shape index (κ3) is 3.76. The number of hydrogen-bond donors (Lipinski definition) is 1. The SMILES string of the molecule is O=C(O)c1cn2c(N3CCOC(C(=O)N4CCc5cc(Cl)cc(Cl)c5C4)C3)cncc2n1. The molecule has 32 heavy (non-hydrogen) atoms. The number of aromatic nitrogens is 3. The number of carbonyl (C=O) groups excluding carboxylic acids is 1. The van der Waals surface area contributed by atoms with Gasteiger partial charge in [0.2, 0.25) is 0 Å². The molecule has 9 nitrogen and oxygen atoms in total. The van der Waals surface area contributed by atoms with E-state index in [1.54, 1.807) is 21.6 Å². The van der Waals surface area contributed by atoms with Crippen LogP contribution in [0.3, 0.4) is 0 Å². The number of carbonyl (C=O) groups is 2. The average Bonchev–Trinajstić information content (AvgIpc) is 3.23. The zero-order valence-corrected chi connectivity index (χ0v) is 18.4. The summed E-state index contributed by atoms with van der Waals surface area (Å²) >= 11 is 12.5. The second kappa shape index (κ2) is 8.23. The number of amides is 1. The highest BCUT2D eigenvalue weighted by Gasteiger charge is 2.33. The highest BCUT2D eigenvalue weighted by molar-refractivity contribution is 6.35. The molecule has 4 heterocycles. The van der Waals surface area contributed by atoms with Crippen molar-refractivity contribution in [3.63, 3.8) is 0 Å². The summed E-state index contributed by atoms with van der Waals surface area (Å²) in [5.41, 5.74) is 2.33. The molecule has 1 atom stereocenters. The van der Waals surface area contributed by atoms with E-state index in [-0.39, 0.29) is 11.6 Å². The van der Waals surface area contributed by atoms with Crippen molar-refractivity contribution in [1.29, 1.82) is 0 Å². The third-order valence-corrected chi connectivity index (χ3v) is 6.36. The fraction of sp³-hybridized carbons (Fsp3) is 0.333. The molecule has 0 aliphatic carbocycles. The van der Waals surface area contributed by atoms with Gasteiger partial charge >= 0.3 is 5.97 Å². The molecule has 1 fully saturated rings. The molecule has 5 rings (SSSR count). The number of morpholine rings is 1. The number of aromatic carboxylic acids is 1. The van der Waals surface area contributed by atoms with Gasteiger partial charge in [0.15, 0.2) is 17.4 Å². The van der Waals surface area contributed by atoms with Gasteiger partial charge in [-0.05, 0) is 29.7 Å². The van der Waals surface area contributed by atoms with E-state index < -0.39 is 12.1 Å².